The summed E-state index contributed by atoms with van der Waals surface area (Å²) >= 11 is 1.09. The number of anilines is 1. The van der Waals surface area contributed by atoms with E-state index in [9.17, 15) is 8.42 Å². The third kappa shape index (κ3) is 3.15. The molecule has 1 aromatic heterocycles. The molecule has 96 valence electrons. The van der Waals surface area contributed by atoms with E-state index in [2.05, 4.69) is 15.6 Å². The topological polar surface area (TPSA) is 97.1 Å². The van der Waals surface area contributed by atoms with Gasteiger partial charge in [-0.3, -0.25) is 0 Å². The number of hydrogen-bond acceptors (Lipinski definition) is 6. The molecule has 1 atom stereocenters. The van der Waals surface area contributed by atoms with Crippen molar-refractivity contribution < 1.29 is 8.42 Å². The standard InChI is InChI=1S/C9H16N4O2S2/c1-6-8(17(10,14)15)16-9(13-6)12-5-7-3-2-4-11-7/h7,11H,2-5H2,1H3,(H,12,13)(H2,10,14,15). The van der Waals surface area contributed by atoms with E-state index in [1.165, 1.54) is 6.42 Å². The lowest BCUT2D eigenvalue weighted by molar-refractivity contribution is 0.599. The summed E-state index contributed by atoms with van der Waals surface area (Å²) in [7, 11) is -3.65. The van der Waals surface area contributed by atoms with Crippen LogP contribution in [0.3, 0.4) is 0 Å². The molecule has 0 amide bonds. The third-order valence-electron chi connectivity index (χ3n) is 2.67. The van der Waals surface area contributed by atoms with Gasteiger partial charge in [-0.05, 0) is 26.3 Å². The maximum atomic E-state index is 11.2. The van der Waals surface area contributed by atoms with Gasteiger partial charge < -0.3 is 10.6 Å². The van der Waals surface area contributed by atoms with Crippen molar-refractivity contribution in [3.05, 3.63) is 5.69 Å². The molecule has 0 saturated carbocycles. The van der Waals surface area contributed by atoms with Crippen molar-refractivity contribution in [2.75, 3.05) is 18.4 Å². The number of sulfonamides is 1. The highest BCUT2D eigenvalue weighted by Crippen LogP contribution is 2.25. The Labute approximate surface area is 105 Å². The third-order valence-corrected chi connectivity index (χ3v) is 5.34. The molecule has 8 heteroatoms. The summed E-state index contributed by atoms with van der Waals surface area (Å²) in [5.41, 5.74) is 0.458. The van der Waals surface area contributed by atoms with Crippen LogP contribution in [0.2, 0.25) is 0 Å². The lowest BCUT2D eigenvalue weighted by atomic mass is 10.2. The quantitative estimate of drug-likeness (QED) is 0.733. The highest BCUT2D eigenvalue weighted by atomic mass is 32.2. The van der Waals surface area contributed by atoms with Crippen LogP contribution in [0.4, 0.5) is 5.13 Å². The monoisotopic (exact) mass is 276 g/mol. The molecule has 1 saturated heterocycles. The van der Waals surface area contributed by atoms with Crippen LogP contribution in [0.5, 0.6) is 0 Å². The minimum atomic E-state index is -3.65. The molecule has 0 radical (unpaired) electrons. The molecule has 2 rings (SSSR count). The van der Waals surface area contributed by atoms with Crippen molar-refractivity contribution in [1.29, 1.82) is 0 Å². The van der Waals surface area contributed by atoms with E-state index in [-0.39, 0.29) is 4.21 Å². The normalized spacial score (nSPS) is 20.7. The Morgan fingerprint density at radius 2 is 2.41 bits per heavy atom. The van der Waals surface area contributed by atoms with Gasteiger partial charge in [0.15, 0.2) is 9.34 Å². The zero-order valence-corrected chi connectivity index (χ0v) is 11.2. The van der Waals surface area contributed by atoms with Crippen molar-refractivity contribution in [3.63, 3.8) is 0 Å². The molecule has 0 spiro atoms. The second kappa shape index (κ2) is 4.89. The molecule has 1 aliphatic rings. The van der Waals surface area contributed by atoms with Crippen molar-refractivity contribution in [1.82, 2.24) is 10.3 Å². The number of nitrogens with zero attached hydrogens (tertiary/aromatic N) is 1. The number of nitrogens with one attached hydrogen (secondary N) is 2. The van der Waals surface area contributed by atoms with E-state index >= 15 is 0 Å². The number of nitrogens with two attached hydrogens (primary N) is 1. The van der Waals surface area contributed by atoms with Crippen LogP contribution in [0.1, 0.15) is 18.5 Å². The average Bonchev–Trinajstić information content (AvgIpc) is 2.82. The minimum absolute atomic E-state index is 0.138. The SMILES string of the molecule is Cc1nc(NCC2CCCN2)sc1S(N)(=O)=O. The average molecular weight is 276 g/mol. The van der Waals surface area contributed by atoms with Crippen LogP contribution in [0.15, 0.2) is 4.21 Å². The van der Waals surface area contributed by atoms with Crippen LogP contribution < -0.4 is 15.8 Å². The first-order valence-corrected chi connectivity index (χ1v) is 7.80. The van der Waals surface area contributed by atoms with Gasteiger partial charge in [-0.2, -0.15) is 0 Å². The molecule has 2 heterocycles. The van der Waals surface area contributed by atoms with E-state index in [1.807, 2.05) is 0 Å². The molecule has 1 unspecified atom stereocenters. The number of aromatic nitrogens is 1. The van der Waals surface area contributed by atoms with Gasteiger partial charge in [0.05, 0.1) is 5.69 Å². The zero-order valence-electron chi connectivity index (χ0n) is 9.56. The highest BCUT2D eigenvalue weighted by molar-refractivity contribution is 7.91. The Bertz CT molecular complexity index is 491. The van der Waals surface area contributed by atoms with Crippen LogP contribution >= 0.6 is 11.3 Å². The molecule has 4 N–H and O–H groups in total. The summed E-state index contributed by atoms with van der Waals surface area (Å²) < 4.78 is 22.6. The Balaban J connectivity index is 2.02. The summed E-state index contributed by atoms with van der Waals surface area (Å²) in [6.45, 7) is 3.46. The van der Waals surface area contributed by atoms with Gasteiger partial charge in [0, 0.05) is 12.6 Å². The van der Waals surface area contributed by atoms with Crippen molar-refractivity contribution >= 4 is 26.5 Å². The summed E-state index contributed by atoms with van der Waals surface area (Å²) in [6, 6.07) is 0.442. The first kappa shape index (κ1) is 12.7. The smallest absolute Gasteiger partial charge is 0.249 e. The van der Waals surface area contributed by atoms with Crippen LogP contribution in [-0.4, -0.2) is 32.5 Å². The predicted molar refractivity (Wildman–Crippen MR) is 67.7 cm³/mol. The maximum absolute atomic E-state index is 11.2. The van der Waals surface area contributed by atoms with E-state index in [4.69, 9.17) is 5.14 Å². The van der Waals surface area contributed by atoms with Gasteiger partial charge in [-0.1, -0.05) is 11.3 Å². The molecule has 1 fully saturated rings. The van der Waals surface area contributed by atoms with Crippen molar-refractivity contribution in [2.45, 2.75) is 30.0 Å². The molecule has 0 aliphatic carbocycles. The van der Waals surface area contributed by atoms with E-state index in [0.717, 1.165) is 30.8 Å². The second-order valence-corrected chi connectivity index (χ2v) is 6.87. The molecule has 1 aliphatic heterocycles. The van der Waals surface area contributed by atoms with Crippen LogP contribution in [0.25, 0.3) is 0 Å². The molecule has 6 nitrogen and oxygen atoms in total. The Morgan fingerprint density at radius 3 is 2.94 bits per heavy atom. The van der Waals surface area contributed by atoms with Crippen LogP contribution in [-0.2, 0) is 10.0 Å². The van der Waals surface area contributed by atoms with E-state index < -0.39 is 10.0 Å². The first-order valence-electron chi connectivity index (χ1n) is 5.44. The zero-order chi connectivity index (χ0) is 12.5. The fourth-order valence-corrected chi connectivity index (χ4v) is 3.73. The maximum Gasteiger partial charge on any atom is 0.249 e. The summed E-state index contributed by atoms with van der Waals surface area (Å²) in [4.78, 5) is 4.16. The summed E-state index contributed by atoms with van der Waals surface area (Å²) in [5.74, 6) is 0. The molecular formula is C9H16N4O2S2. The first-order chi connectivity index (χ1) is 7.97. The molecule has 1 aromatic rings. The number of thiazole rings is 1. The van der Waals surface area contributed by atoms with Crippen molar-refractivity contribution in [2.24, 2.45) is 5.14 Å². The summed E-state index contributed by atoms with van der Waals surface area (Å²) in [6.07, 6.45) is 2.32. The number of hydrogen-bond donors (Lipinski definition) is 3. The van der Waals surface area contributed by atoms with Gasteiger partial charge in [0.2, 0.25) is 10.0 Å². The van der Waals surface area contributed by atoms with Gasteiger partial charge >= 0.3 is 0 Å². The largest absolute Gasteiger partial charge is 0.360 e. The fraction of sp³-hybridized carbons (Fsp3) is 0.667. The molecule has 17 heavy (non-hydrogen) atoms. The Kier molecular flexibility index (Phi) is 3.67. The molecule has 0 aromatic carbocycles. The molecule has 0 bridgehead atoms. The van der Waals surface area contributed by atoms with Crippen LogP contribution in [0, 0.1) is 6.92 Å². The fourth-order valence-electron chi connectivity index (χ4n) is 1.86. The van der Waals surface area contributed by atoms with Gasteiger partial charge in [0.25, 0.3) is 0 Å². The minimum Gasteiger partial charge on any atom is -0.360 e. The lowest BCUT2D eigenvalue weighted by Crippen LogP contribution is -2.29. The lowest BCUT2D eigenvalue weighted by Gasteiger charge is -2.09. The Hall–Kier alpha value is -0.700. The number of aryl methyl sites for hydroxylation is 1. The van der Waals surface area contributed by atoms with Gasteiger partial charge in [-0.25, -0.2) is 18.5 Å². The van der Waals surface area contributed by atoms with Gasteiger partial charge in [0.1, 0.15) is 0 Å². The van der Waals surface area contributed by atoms with Crippen molar-refractivity contribution in [3.8, 4) is 0 Å². The molecular weight excluding hydrogens is 260 g/mol. The Morgan fingerprint density at radius 1 is 1.65 bits per heavy atom. The van der Waals surface area contributed by atoms with E-state index in [0.29, 0.717) is 16.9 Å². The number of primary sulfonamides is 1. The summed E-state index contributed by atoms with van der Waals surface area (Å²) in [5, 5.41) is 12.2. The number of rotatable bonds is 4. The van der Waals surface area contributed by atoms with Gasteiger partial charge in [-0.15, -0.1) is 0 Å². The predicted octanol–water partition coefficient (Wildman–Crippen LogP) is 0.263. The second-order valence-electron chi connectivity index (χ2n) is 4.11. The highest BCUT2D eigenvalue weighted by Gasteiger charge is 2.19. The van der Waals surface area contributed by atoms with E-state index in [1.54, 1.807) is 6.92 Å².